The first-order valence-electron chi connectivity index (χ1n) is 3.30. The molecular formula is C7H14ClNO. The van der Waals surface area contributed by atoms with Gasteiger partial charge in [-0.3, -0.25) is 0 Å². The first kappa shape index (κ1) is 9.95. The number of hydrogen-bond donors (Lipinski definition) is 1. The Bertz CT molecular complexity index is 102. The van der Waals surface area contributed by atoms with Gasteiger partial charge in [-0.2, -0.15) is 0 Å². The molecule has 1 aliphatic rings. The Kier molecular flexibility index (Phi) is 5.69. The van der Waals surface area contributed by atoms with Crippen LogP contribution < -0.4 is 5.32 Å². The molecule has 0 unspecified atom stereocenters. The van der Waals surface area contributed by atoms with Crippen LogP contribution >= 0.6 is 12.4 Å². The zero-order valence-electron chi connectivity index (χ0n) is 6.17. The topological polar surface area (TPSA) is 21.3 Å². The van der Waals surface area contributed by atoms with Gasteiger partial charge >= 0.3 is 0 Å². The van der Waals surface area contributed by atoms with Crippen molar-refractivity contribution in [2.45, 2.75) is 0 Å². The van der Waals surface area contributed by atoms with E-state index in [0.29, 0.717) is 0 Å². The van der Waals surface area contributed by atoms with Crippen LogP contribution in [0.3, 0.4) is 0 Å². The lowest BCUT2D eigenvalue weighted by Gasteiger charge is -2.23. The lowest BCUT2D eigenvalue weighted by molar-refractivity contribution is 0.233. The van der Waals surface area contributed by atoms with Crippen LogP contribution in [-0.2, 0) is 4.74 Å². The average Bonchev–Trinajstić information content (AvgIpc) is 1.76. The molecule has 1 rings (SSSR count). The van der Waals surface area contributed by atoms with Crippen LogP contribution in [0.2, 0.25) is 0 Å². The molecule has 0 aromatic carbocycles. The van der Waals surface area contributed by atoms with Gasteiger partial charge < -0.3 is 10.1 Å². The quantitative estimate of drug-likeness (QED) is 0.623. The molecule has 1 N–H and O–H groups in total. The van der Waals surface area contributed by atoms with E-state index in [9.17, 15) is 0 Å². The smallest absolute Gasteiger partial charge is 0.0643 e. The van der Waals surface area contributed by atoms with Crippen molar-refractivity contribution in [2.24, 2.45) is 5.92 Å². The third-order valence-electron chi connectivity index (χ3n) is 1.48. The highest BCUT2D eigenvalue weighted by Gasteiger charge is 2.11. The van der Waals surface area contributed by atoms with Crippen molar-refractivity contribution in [1.29, 1.82) is 0 Å². The molecule has 1 saturated heterocycles. The summed E-state index contributed by atoms with van der Waals surface area (Å²) in [5.41, 5.74) is 0. The summed E-state index contributed by atoms with van der Waals surface area (Å²) in [7, 11) is 1.71. The molecule has 0 spiro atoms. The maximum absolute atomic E-state index is 4.85. The third-order valence-corrected chi connectivity index (χ3v) is 1.48. The summed E-state index contributed by atoms with van der Waals surface area (Å²) < 4.78 is 4.85. The van der Waals surface area contributed by atoms with Gasteiger partial charge in [0.15, 0.2) is 0 Å². The van der Waals surface area contributed by atoms with Crippen LogP contribution in [0.5, 0.6) is 0 Å². The number of nitrogens with one attached hydrogen (secondary N) is 1. The van der Waals surface area contributed by atoms with E-state index in [-0.39, 0.29) is 12.4 Å². The van der Waals surface area contributed by atoms with Crippen molar-refractivity contribution < 1.29 is 4.74 Å². The fraction of sp³-hybridized carbons (Fsp3) is 0.714. The lowest BCUT2D eigenvalue weighted by atomic mass is 10.0. The van der Waals surface area contributed by atoms with E-state index >= 15 is 0 Å². The molecule has 2 nitrogen and oxygen atoms in total. The van der Waals surface area contributed by atoms with Crippen molar-refractivity contribution in [3.63, 3.8) is 0 Å². The molecule has 1 aliphatic heterocycles. The van der Waals surface area contributed by atoms with E-state index in [0.717, 1.165) is 25.6 Å². The third kappa shape index (κ3) is 3.20. The summed E-state index contributed by atoms with van der Waals surface area (Å²) >= 11 is 0. The summed E-state index contributed by atoms with van der Waals surface area (Å²) in [5, 5.41) is 3.20. The van der Waals surface area contributed by atoms with Gasteiger partial charge in [-0.25, -0.2) is 0 Å². The molecule has 0 aromatic heterocycles. The van der Waals surface area contributed by atoms with Crippen molar-refractivity contribution in [1.82, 2.24) is 5.32 Å². The Morgan fingerprint density at radius 3 is 2.70 bits per heavy atom. The molecule has 1 heterocycles. The highest BCUT2D eigenvalue weighted by molar-refractivity contribution is 5.85. The second kappa shape index (κ2) is 5.71. The minimum Gasteiger partial charge on any atom is -0.381 e. The average molecular weight is 164 g/mol. The van der Waals surface area contributed by atoms with Gasteiger partial charge in [-0.15, -0.1) is 12.4 Å². The SMILES string of the molecule is COC/C=C/C1CNC1.Cl. The Hall–Kier alpha value is -0.0500. The Labute approximate surface area is 68.0 Å². The summed E-state index contributed by atoms with van der Waals surface area (Å²) in [6, 6.07) is 0. The summed E-state index contributed by atoms with van der Waals surface area (Å²) in [4.78, 5) is 0. The first-order chi connectivity index (χ1) is 4.43. The van der Waals surface area contributed by atoms with Crippen LogP contribution in [0.1, 0.15) is 0 Å². The molecule has 10 heavy (non-hydrogen) atoms. The second-order valence-electron chi connectivity index (χ2n) is 2.30. The van der Waals surface area contributed by atoms with E-state index in [1.54, 1.807) is 7.11 Å². The predicted octanol–water partition coefficient (Wildman–Crippen LogP) is 0.830. The molecule has 0 bridgehead atoms. The first-order valence-corrected chi connectivity index (χ1v) is 3.30. The van der Waals surface area contributed by atoms with Gasteiger partial charge in [-0.05, 0) is 0 Å². The molecule has 0 aliphatic carbocycles. The number of ether oxygens (including phenoxy) is 1. The fourth-order valence-electron chi connectivity index (χ4n) is 0.791. The maximum atomic E-state index is 4.85. The standard InChI is InChI=1S/C7H13NO.ClH/c1-9-4-2-3-7-5-8-6-7;/h2-3,7-8H,4-6H2,1H3;1H/b3-2+;. The van der Waals surface area contributed by atoms with E-state index in [2.05, 4.69) is 17.5 Å². The molecule has 3 heteroatoms. The zero-order chi connectivity index (χ0) is 6.53. The van der Waals surface area contributed by atoms with Crippen LogP contribution in [-0.4, -0.2) is 26.8 Å². The minimum absolute atomic E-state index is 0. The summed E-state index contributed by atoms with van der Waals surface area (Å²) in [6.45, 7) is 3.02. The van der Waals surface area contributed by atoms with Gasteiger partial charge in [-0.1, -0.05) is 12.2 Å². The molecule has 0 saturated carbocycles. The van der Waals surface area contributed by atoms with Crippen LogP contribution in [0.15, 0.2) is 12.2 Å². The van der Waals surface area contributed by atoms with Gasteiger partial charge in [0.05, 0.1) is 6.61 Å². The predicted molar refractivity (Wildman–Crippen MR) is 44.6 cm³/mol. The highest BCUT2D eigenvalue weighted by atomic mass is 35.5. The number of hydrogen-bond acceptors (Lipinski definition) is 2. The largest absolute Gasteiger partial charge is 0.381 e. The number of rotatable bonds is 3. The van der Waals surface area contributed by atoms with E-state index < -0.39 is 0 Å². The van der Waals surface area contributed by atoms with Gasteiger partial charge in [0.25, 0.3) is 0 Å². The maximum Gasteiger partial charge on any atom is 0.0643 e. The Morgan fingerprint density at radius 2 is 2.30 bits per heavy atom. The van der Waals surface area contributed by atoms with Crippen LogP contribution in [0.25, 0.3) is 0 Å². The summed E-state index contributed by atoms with van der Waals surface area (Å²) in [5.74, 6) is 0.764. The van der Waals surface area contributed by atoms with E-state index in [1.165, 1.54) is 0 Å². The molecule has 0 aromatic rings. The van der Waals surface area contributed by atoms with Crippen LogP contribution in [0, 0.1) is 5.92 Å². The van der Waals surface area contributed by atoms with Gasteiger partial charge in [0.1, 0.15) is 0 Å². The Balaban J connectivity index is 0.000000810. The summed E-state index contributed by atoms with van der Waals surface area (Å²) in [6.07, 6.45) is 4.28. The monoisotopic (exact) mass is 163 g/mol. The number of halogens is 1. The molecule has 60 valence electrons. The molecule has 0 atom stereocenters. The molecule has 0 radical (unpaired) electrons. The molecule has 1 fully saturated rings. The highest BCUT2D eigenvalue weighted by Crippen LogP contribution is 2.03. The lowest BCUT2D eigenvalue weighted by Crippen LogP contribution is -2.40. The van der Waals surface area contributed by atoms with Crippen molar-refractivity contribution >= 4 is 12.4 Å². The molecule has 0 amide bonds. The normalized spacial score (nSPS) is 18.5. The molecular weight excluding hydrogens is 150 g/mol. The fourth-order valence-corrected chi connectivity index (χ4v) is 0.791. The van der Waals surface area contributed by atoms with Gasteiger partial charge in [0.2, 0.25) is 0 Å². The van der Waals surface area contributed by atoms with Crippen molar-refractivity contribution in [3.05, 3.63) is 12.2 Å². The second-order valence-corrected chi connectivity index (χ2v) is 2.30. The number of methoxy groups -OCH3 is 1. The Morgan fingerprint density at radius 1 is 1.60 bits per heavy atom. The van der Waals surface area contributed by atoms with Crippen molar-refractivity contribution in [3.8, 4) is 0 Å². The van der Waals surface area contributed by atoms with Crippen molar-refractivity contribution in [2.75, 3.05) is 26.8 Å². The van der Waals surface area contributed by atoms with Gasteiger partial charge in [0, 0.05) is 26.1 Å². The zero-order valence-corrected chi connectivity index (χ0v) is 6.99. The van der Waals surface area contributed by atoms with E-state index in [4.69, 9.17) is 4.74 Å². The van der Waals surface area contributed by atoms with E-state index in [1.807, 2.05) is 0 Å². The minimum atomic E-state index is 0. The van der Waals surface area contributed by atoms with Crippen LogP contribution in [0.4, 0.5) is 0 Å².